The highest BCUT2D eigenvalue weighted by atomic mass is 32.2. The van der Waals surface area contributed by atoms with Gasteiger partial charge in [0.15, 0.2) is 6.61 Å². The summed E-state index contributed by atoms with van der Waals surface area (Å²) < 4.78 is 32.0. The van der Waals surface area contributed by atoms with E-state index in [1.807, 2.05) is 6.92 Å². The predicted molar refractivity (Wildman–Crippen MR) is 103 cm³/mol. The average Bonchev–Trinajstić information content (AvgIpc) is 2.60. The van der Waals surface area contributed by atoms with E-state index in [0.29, 0.717) is 37.0 Å². The molecule has 1 saturated heterocycles. The molecular formula is C19H28N2O5S. The Morgan fingerprint density at radius 3 is 2.30 bits per heavy atom. The second-order valence-electron chi connectivity index (χ2n) is 7.25. The maximum absolute atomic E-state index is 12.8. The summed E-state index contributed by atoms with van der Waals surface area (Å²) in [6.07, 6.45) is 1.96. The SMILES string of the molecule is CCCC(=O)OCC(=O)Nc1ccc(S(=O)(=O)N2C[C@H](C)C[C@H](C)C2)cc1. The normalized spacial score (nSPS) is 20.9. The average molecular weight is 397 g/mol. The molecule has 1 aliphatic rings. The number of amides is 1. The molecular weight excluding hydrogens is 368 g/mol. The standard InChI is InChI=1S/C19H28N2O5S/c1-4-5-19(23)26-13-18(22)20-16-6-8-17(9-7-16)27(24,25)21-11-14(2)10-15(3)12-21/h6-9,14-15H,4-5,10-13H2,1-3H3,(H,20,22)/t14-,15+. The van der Waals surface area contributed by atoms with E-state index in [9.17, 15) is 18.0 Å². The van der Waals surface area contributed by atoms with Gasteiger partial charge in [0.1, 0.15) is 0 Å². The van der Waals surface area contributed by atoms with Crippen LogP contribution in [-0.4, -0.2) is 44.3 Å². The van der Waals surface area contributed by atoms with Crippen molar-refractivity contribution in [3.05, 3.63) is 24.3 Å². The number of esters is 1. The van der Waals surface area contributed by atoms with Gasteiger partial charge >= 0.3 is 5.97 Å². The van der Waals surface area contributed by atoms with Gasteiger partial charge in [-0.05, 0) is 48.9 Å². The van der Waals surface area contributed by atoms with Crippen LogP contribution in [0.15, 0.2) is 29.2 Å². The van der Waals surface area contributed by atoms with Crippen LogP contribution in [0, 0.1) is 11.8 Å². The van der Waals surface area contributed by atoms with E-state index in [1.54, 1.807) is 0 Å². The zero-order valence-corrected chi connectivity index (χ0v) is 16.9. The third-order valence-corrected chi connectivity index (χ3v) is 6.28. The molecule has 1 fully saturated rings. The maximum atomic E-state index is 12.8. The number of benzene rings is 1. The zero-order valence-electron chi connectivity index (χ0n) is 16.1. The van der Waals surface area contributed by atoms with E-state index in [-0.39, 0.29) is 17.9 Å². The highest BCUT2D eigenvalue weighted by Gasteiger charge is 2.31. The number of nitrogens with zero attached hydrogens (tertiary/aromatic N) is 1. The van der Waals surface area contributed by atoms with Gasteiger partial charge in [0.2, 0.25) is 10.0 Å². The first-order chi connectivity index (χ1) is 12.7. The number of anilines is 1. The molecule has 2 rings (SSSR count). The van der Waals surface area contributed by atoms with Crippen LogP contribution in [0.25, 0.3) is 0 Å². The van der Waals surface area contributed by atoms with E-state index < -0.39 is 21.9 Å². The number of ether oxygens (including phenoxy) is 1. The highest BCUT2D eigenvalue weighted by Crippen LogP contribution is 2.27. The van der Waals surface area contributed by atoms with Crippen LogP contribution in [0.5, 0.6) is 0 Å². The van der Waals surface area contributed by atoms with Crippen LogP contribution in [0.4, 0.5) is 5.69 Å². The molecule has 27 heavy (non-hydrogen) atoms. The quantitative estimate of drug-likeness (QED) is 0.715. The van der Waals surface area contributed by atoms with Crippen LogP contribution in [0.1, 0.15) is 40.0 Å². The minimum atomic E-state index is -3.55. The van der Waals surface area contributed by atoms with Gasteiger partial charge in [0, 0.05) is 25.2 Å². The molecule has 7 nitrogen and oxygen atoms in total. The van der Waals surface area contributed by atoms with Gasteiger partial charge in [-0.25, -0.2) is 8.42 Å². The number of sulfonamides is 1. The van der Waals surface area contributed by atoms with Crippen LogP contribution in [-0.2, 0) is 24.3 Å². The van der Waals surface area contributed by atoms with E-state index in [4.69, 9.17) is 4.74 Å². The van der Waals surface area contributed by atoms with Gasteiger partial charge in [0.25, 0.3) is 5.91 Å². The summed E-state index contributed by atoms with van der Waals surface area (Å²) >= 11 is 0. The Bertz CT molecular complexity index is 751. The fourth-order valence-electron chi connectivity index (χ4n) is 3.28. The molecule has 8 heteroatoms. The van der Waals surface area contributed by atoms with Gasteiger partial charge in [-0.15, -0.1) is 0 Å². The monoisotopic (exact) mass is 396 g/mol. The Morgan fingerprint density at radius 1 is 1.15 bits per heavy atom. The molecule has 2 atom stereocenters. The topological polar surface area (TPSA) is 92.8 Å². The summed E-state index contributed by atoms with van der Waals surface area (Å²) in [6, 6.07) is 6.04. The van der Waals surface area contributed by atoms with Crippen molar-refractivity contribution >= 4 is 27.6 Å². The number of piperidine rings is 1. The van der Waals surface area contributed by atoms with Gasteiger partial charge in [-0.3, -0.25) is 9.59 Å². The van der Waals surface area contributed by atoms with E-state index in [1.165, 1.54) is 28.6 Å². The van der Waals surface area contributed by atoms with Crippen LogP contribution < -0.4 is 5.32 Å². The molecule has 0 bridgehead atoms. The van der Waals surface area contributed by atoms with Crippen molar-refractivity contribution in [2.24, 2.45) is 11.8 Å². The van der Waals surface area contributed by atoms with Crippen molar-refractivity contribution in [1.82, 2.24) is 4.31 Å². The van der Waals surface area contributed by atoms with E-state index >= 15 is 0 Å². The largest absolute Gasteiger partial charge is 0.456 e. The Labute approximate surface area is 161 Å². The summed E-state index contributed by atoms with van der Waals surface area (Å²) in [5, 5.41) is 2.59. The lowest BCUT2D eigenvalue weighted by molar-refractivity contribution is -0.147. The van der Waals surface area contributed by atoms with Crippen LogP contribution in [0.2, 0.25) is 0 Å². The zero-order chi connectivity index (χ0) is 20.0. The van der Waals surface area contributed by atoms with Crippen molar-refractivity contribution in [3.8, 4) is 0 Å². The summed E-state index contributed by atoms with van der Waals surface area (Å²) in [4.78, 5) is 23.3. The molecule has 1 aliphatic heterocycles. The number of hydrogen-bond acceptors (Lipinski definition) is 5. The Hall–Kier alpha value is -1.93. The van der Waals surface area contributed by atoms with Crippen molar-refractivity contribution < 1.29 is 22.7 Å². The highest BCUT2D eigenvalue weighted by molar-refractivity contribution is 7.89. The van der Waals surface area contributed by atoms with Gasteiger partial charge in [-0.1, -0.05) is 20.8 Å². The number of hydrogen-bond donors (Lipinski definition) is 1. The van der Waals surface area contributed by atoms with Crippen molar-refractivity contribution in [3.63, 3.8) is 0 Å². The molecule has 1 aromatic carbocycles. The molecule has 0 unspecified atom stereocenters. The predicted octanol–water partition coefficient (Wildman–Crippen LogP) is 2.64. The molecule has 1 aromatic rings. The molecule has 1 N–H and O–H groups in total. The molecule has 0 spiro atoms. The van der Waals surface area contributed by atoms with Gasteiger partial charge in [0.05, 0.1) is 4.90 Å². The molecule has 150 valence electrons. The molecule has 1 amide bonds. The number of nitrogens with one attached hydrogen (secondary N) is 1. The van der Waals surface area contributed by atoms with Crippen LogP contribution >= 0.6 is 0 Å². The summed E-state index contributed by atoms with van der Waals surface area (Å²) in [6.45, 7) is 6.65. The third kappa shape index (κ3) is 6.04. The first-order valence-corrected chi connectivity index (χ1v) is 10.7. The summed E-state index contributed by atoms with van der Waals surface area (Å²) in [7, 11) is -3.55. The number of rotatable bonds is 7. The minimum Gasteiger partial charge on any atom is -0.456 e. The number of carbonyl (C=O) groups is 2. The van der Waals surface area contributed by atoms with E-state index in [0.717, 1.165) is 6.42 Å². The van der Waals surface area contributed by atoms with Crippen molar-refractivity contribution in [1.29, 1.82) is 0 Å². The maximum Gasteiger partial charge on any atom is 0.306 e. The first kappa shape index (κ1) is 21.4. The molecule has 0 aromatic heterocycles. The van der Waals surface area contributed by atoms with Gasteiger partial charge < -0.3 is 10.1 Å². The Balaban J connectivity index is 1.97. The fourth-order valence-corrected chi connectivity index (χ4v) is 4.96. The third-order valence-electron chi connectivity index (χ3n) is 4.43. The number of carbonyl (C=O) groups excluding carboxylic acids is 2. The minimum absolute atomic E-state index is 0.205. The van der Waals surface area contributed by atoms with Gasteiger partial charge in [-0.2, -0.15) is 4.31 Å². The first-order valence-electron chi connectivity index (χ1n) is 9.28. The Morgan fingerprint density at radius 2 is 1.74 bits per heavy atom. The summed E-state index contributed by atoms with van der Waals surface area (Å²) in [5.74, 6) is -0.220. The Kier molecular flexibility index (Phi) is 7.38. The second kappa shape index (κ2) is 9.32. The lowest BCUT2D eigenvalue weighted by Gasteiger charge is -2.34. The molecule has 0 saturated carbocycles. The van der Waals surface area contributed by atoms with Crippen molar-refractivity contribution in [2.45, 2.75) is 44.9 Å². The van der Waals surface area contributed by atoms with Crippen molar-refractivity contribution in [2.75, 3.05) is 25.0 Å². The molecule has 0 radical (unpaired) electrons. The van der Waals surface area contributed by atoms with E-state index in [2.05, 4.69) is 19.2 Å². The van der Waals surface area contributed by atoms with Crippen LogP contribution in [0.3, 0.4) is 0 Å². The lowest BCUT2D eigenvalue weighted by atomic mass is 9.94. The molecule has 0 aliphatic carbocycles. The fraction of sp³-hybridized carbons (Fsp3) is 0.579. The lowest BCUT2D eigenvalue weighted by Crippen LogP contribution is -2.42. The smallest absolute Gasteiger partial charge is 0.306 e. The second-order valence-corrected chi connectivity index (χ2v) is 9.19. The molecule has 1 heterocycles. The summed E-state index contributed by atoms with van der Waals surface area (Å²) in [5.41, 5.74) is 0.450.